The molecular weight excluding hydrogens is 512 g/mol. The normalized spacial score (nSPS) is 11.9. The molecule has 37 heavy (non-hydrogen) atoms. The van der Waals surface area contributed by atoms with Crippen molar-refractivity contribution in [2.45, 2.75) is 0 Å². The molecule has 8 aromatic rings. The predicted molar refractivity (Wildman–Crippen MR) is 164 cm³/mol. The average Bonchev–Trinajstić information content (AvgIpc) is 2.95. The third-order valence-corrected chi connectivity index (χ3v) is 8.51. The maximum atomic E-state index is 3.73. The molecule has 0 saturated heterocycles. The van der Waals surface area contributed by atoms with Gasteiger partial charge in [-0.15, -0.1) is 0 Å². The Morgan fingerprint density at radius 1 is 0.351 bits per heavy atom. The lowest BCUT2D eigenvalue weighted by molar-refractivity contribution is 1.67. The summed E-state index contributed by atoms with van der Waals surface area (Å²) >= 11 is 3.73. The third kappa shape index (κ3) is 3.14. The topological polar surface area (TPSA) is 0 Å². The van der Waals surface area contributed by atoms with Crippen LogP contribution in [0.25, 0.3) is 76.1 Å². The zero-order valence-corrected chi connectivity index (χ0v) is 21.6. The molecule has 0 aliphatic heterocycles. The lowest BCUT2D eigenvalue weighted by Gasteiger charge is -2.16. The highest BCUT2D eigenvalue weighted by molar-refractivity contribution is 9.10. The monoisotopic (exact) mass is 532 g/mol. The average molecular weight is 533 g/mol. The SMILES string of the molecule is Brc1ccc(-c2cc3ccc4cc(-c5cccc6ccccc56)cc5ccc(c2)c3c45)c2ccccc12. The molecule has 0 heterocycles. The summed E-state index contributed by atoms with van der Waals surface area (Å²) in [7, 11) is 0. The number of fused-ring (bicyclic) bond motifs is 2. The molecule has 0 aliphatic rings. The molecular formula is C36H21Br. The second kappa shape index (κ2) is 7.90. The molecule has 8 aromatic carbocycles. The Bertz CT molecular complexity index is 2080. The number of hydrogen-bond donors (Lipinski definition) is 0. The first-order valence-electron chi connectivity index (χ1n) is 12.6. The summed E-state index contributed by atoms with van der Waals surface area (Å²) in [5, 5.41) is 12.9. The maximum Gasteiger partial charge on any atom is 0.0254 e. The standard InChI is InChI=1S/C36H21Br/c37-34-17-16-31(32-9-3-4-10-33(32)34)28-20-25-14-12-23-18-27(19-24-13-15-26(21-28)36(25)35(23)24)30-11-5-7-22-6-1-2-8-29(22)30/h1-21H. The number of halogens is 1. The zero-order valence-electron chi connectivity index (χ0n) is 20.0. The van der Waals surface area contributed by atoms with Crippen LogP contribution in [0.15, 0.2) is 132 Å². The van der Waals surface area contributed by atoms with Crippen molar-refractivity contribution < 1.29 is 0 Å². The Hall–Kier alpha value is -4.20. The number of hydrogen-bond acceptors (Lipinski definition) is 0. The van der Waals surface area contributed by atoms with Gasteiger partial charge >= 0.3 is 0 Å². The summed E-state index contributed by atoms with van der Waals surface area (Å²) in [6.07, 6.45) is 0. The molecule has 0 aromatic heterocycles. The number of benzene rings is 8. The van der Waals surface area contributed by atoms with Crippen LogP contribution < -0.4 is 0 Å². The molecule has 0 bridgehead atoms. The van der Waals surface area contributed by atoms with Crippen molar-refractivity contribution in [2.75, 3.05) is 0 Å². The van der Waals surface area contributed by atoms with Crippen LogP contribution in [-0.2, 0) is 0 Å². The first-order chi connectivity index (χ1) is 18.2. The summed E-state index contributed by atoms with van der Waals surface area (Å²) in [6.45, 7) is 0. The number of rotatable bonds is 2. The van der Waals surface area contributed by atoms with E-state index < -0.39 is 0 Å². The van der Waals surface area contributed by atoms with Crippen molar-refractivity contribution in [3.8, 4) is 22.3 Å². The molecule has 0 saturated carbocycles. The maximum absolute atomic E-state index is 3.73. The highest BCUT2D eigenvalue weighted by Crippen LogP contribution is 2.42. The van der Waals surface area contributed by atoms with Gasteiger partial charge in [0.25, 0.3) is 0 Å². The minimum atomic E-state index is 1.13. The van der Waals surface area contributed by atoms with Crippen molar-refractivity contribution in [3.05, 3.63) is 132 Å². The summed E-state index contributed by atoms with van der Waals surface area (Å²) in [5.74, 6) is 0. The van der Waals surface area contributed by atoms with Crippen molar-refractivity contribution in [1.29, 1.82) is 0 Å². The fourth-order valence-corrected chi connectivity index (χ4v) is 6.62. The smallest absolute Gasteiger partial charge is 0.0254 e. The van der Waals surface area contributed by atoms with Crippen LogP contribution in [0.3, 0.4) is 0 Å². The molecule has 0 amide bonds. The molecule has 0 aliphatic carbocycles. The molecule has 0 spiro atoms. The fraction of sp³-hybridized carbons (Fsp3) is 0. The Labute approximate surface area is 223 Å². The Balaban J connectivity index is 1.37. The van der Waals surface area contributed by atoms with Crippen LogP contribution in [0.1, 0.15) is 0 Å². The molecule has 0 nitrogen and oxygen atoms in total. The highest BCUT2D eigenvalue weighted by Gasteiger charge is 2.14. The zero-order chi connectivity index (χ0) is 24.5. The summed E-state index contributed by atoms with van der Waals surface area (Å²) in [4.78, 5) is 0. The van der Waals surface area contributed by atoms with Gasteiger partial charge in [0.1, 0.15) is 0 Å². The van der Waals surface area contributed by atoms with Crippen molar-refractivity contribution in [3.63, 3.8) is 0 Å². The van der Waals surface area contributed by atoms with E-state index in [-0.39, 0.29) is 0 Å². The molecule has 0 N–H and O–H groups in total. The van der Waals surface area contributed by atoms with Crippen molar-refractivity contribution >= 4 is 69.8 Å². The van der Waals surface area contributed by atoms with E-state index in [1.54, 1.807) is 0 Å². The van der Waals surface area contributed by atoms with Gasteiger partial charge in [0.05, 0.1) is 0 Å². The van der Waals surface area contributed by atoms with Crippen LogP contribution in [0.5, 0.6) is 0 Å². The summed E-state index contributed by atoms with van der Waals surface area (Å²) in [6, 6.07) is 46.9. The van der Waals surface area contributed by atoms with Gasteiger partial charge in [0.15, 0.2) is 0 Å². The molecule has 0 radical (unpaired) electrons. The predicted octanol–water partition coefficient (Wildman–Crippen LogP) is 11.0. The van der Waals surface area contributed by atoms with Crippen LogP contribution in [0.4, 0.5) is 0 Å². The van der Waals surface area contributed by atoms with E-state index in [1.807, 2.05) is 0 Å². The lowest BCUT2D eigenvalue weighted by Crippen LogP contribution is -1.89. The fourth-order valence-electron chi connectivity index (χ4n) is 6.14. The van der Waals surface area contributed by atoms with E-state index >= 15 is 0 Å². The van der Waals surface area contributed by atoms with Gasteiger partial charge in [-0.05, 0) is 106 Å². The van der Waals surface area contributed by atoms with E-state index in [9.17, 15) is 0 Å². The quantitative estimate of drug-likeness (QED) is 0.194. The summed E-state index contributed by atoms with van der Waals surface area (Å²) in [5.41, 5.74) is 5.08. The Kier molecular flexibility index (Phi) is 4.47. The van der Waals surface area contributed by atoms with Crippen molar-refractivity contribution in [2.24, 2.45) is 0 Å². The molecule has 172 valence electrons. The van der Waals surface area contributed by atoms with Crippen LogP contribution in [0, 0.1) is 0 Å². The van der Waals surface area contributed by atoms with Gasteiger partial charge in [-0.1, -0.05) is 113 Å². The van der Waals surface area contributed by atoms with Crippen molar-refractivity contribution in [1.82, 2.24) is 0 Å². The Morgan fingerprint density at radius 3 is 1.46 bits per heavy atom. The van der Waals surface area contributed by atoms with Gasteiger partial charge in [-0.2, -0.15) is 0 Å². The third-order valence-electron chi connectivity index (χ3n) is 7.82. The van der Waals surface area contributed by atoms with Gasteiger partial charge in [0, 0.05) is 4.47 Å². The molecule has 0 unspecified atom stereocenters. The van der Waals surface area contributed by atoms with E-state index in [0.717, 1.165) is 4.47 Å². The van der Waals surface area contributed by atoms with Gasteiger partial charge in [-0.25, -0.2) is 0 Å². The molecule has 8 rings (SSSR count). The molecule has 0 fully saturated rings. The minimum absolute atomic E-state index is 1.13. The minimum Gasteiger partial charge on any atom is -0.0616 e. The van der Waals surface area contributed by atoms with Crippen LogP contribution in [0.2, 0.25) is 0 Å². The highest BCUT2D eigenvalue weighted by atomic mass is 79.9. The second-order valence-electron chi connectivity index (χ2n) is 9.89. The van der Waals surface area contributed by atoms with E-state index in [4.69, 9.17) is 0 Å². The van der Waals surface area contributed by atoms with E-state index in [2.05, 4.69) is 143 Å². The molecule has 0 atom stereocenters. The van der Waals surface area contributed by atoms with Gasteiger partial charge < -0.3 is 0 Å². The van der Waals surface area contributed by atoms with E-state index in [0.29, 0.717) is 0 Å². The largest absolute Gasteiger partial charge is 0.0616 e. The summed E-state index contributed by atoms with van der Waals surface area (Å²) < 4.78 is 1.13. The van der Waals surface area contributed by atoms with Crippen LogP contribution >= 0.6 is 15.9 Å². The van der Waals surface area contributed by atoms with E-state index in [1.165, 1.54) is 76.1 Å². The first-order valence-corrected chi connectivity index (χ1v) is 13.4. The second-order valence-corrected chi connectivity index (χ2v) is 10.7. The lowest BCUT2D eigenvalue weighted by atomic mass is 9.88. The Morgan fingerprint density at radius 2 is 0.838 bits per heavy atom. The molecule has 1 heteroatoms. The van der Waals surface area contributed by atoms with Gasteiger partial charge in [-0.3, -0.25) is 0 Å². The van der Waals surface area contributed by atoms with Crippen LogP contribution in [-0.4, -0.2) is 0 Å². The van der Waals surface area contributed by atoms with Gasteiger partial charge in [0.2, 0.25) is 0 Å². The first kappa shape index (κ1) is 20.9.